The largest absolute Gasteiger partial charge is 0.462 e. The molecule has 1 amide bonds. The summed E-state index contributed by atoms with van der Waals surface area (Å²) in [5.74, 6) is 0.281. The SMILES string of the molecule is CCOC(=O)c1sc(-c2ccc3ncc(C(=O)N(C)c4cccc(-c5noc(C)n5)c4)n3c2)nc1C. The minimum Gasteiger partial charge on any atom is -0.462 e. The fraction of sp³-hybridized carbons (Fsp3) is 0.200. The molecule has 5 aromatic rings. The van der Waals surface area contributed by atoms with Gasteiger partial charge in [0, 0.05) is 37.0 Å². The average molecular weight is 503 g/mol. The zero-order chi connectivity index (χ0) is 25.4. The summed E-state index contributed by atoms with van der Waals surface area (Å²) >= 11 is 1.26. The van der Waals surface area contributed by atoms with Crippen LogP contribution in [0.3, 0.4) is 0 Å². The van der Waals surface area contributed by atoms with Gasteiger partial charge in [0.15, 0.2) is 0 Å². The monoisotopic (exact) mass is 502 g/mol. The molecule has 11 heteroatoms. The Hall–Kier alpha value is -4.38. The zero-order valence-corrected chi connectivity index (χ0v) is 20.9. The van der Waals surface area contributed by atoms with Crippen molar-refractivity contribution in [3.05, 3.63) is 70.9 Å². The molecule has 0 atom stereocenters. The topological polar surface area (TPSA) is 116 Å². The molecule has 0 fully saturated rings. The smallest absolute Gasteiger partial charge is 0.350 e. The van der Waals surface area contributed by atoms with Crippen molar-refractivity contribution in [2.45, 2.75) is 20.8 Å². The molecule has 4 heterocycles. The van der Waals surface area contributed by atoms with E-state index < -0.39 is 5.97 Å². The van der Waals surface area contributed by atoms with Gasteiger partial charge in [0.05, 0.1) is 18.5 Å². The van der Waals surface area contributed by atoms with Gasteiger partial charge >= 0.3 is 5.97 Å². The minimum absolute atomic E-state index is 0.247. The average Bonchev–Trinajstić information content (AvgIpc) is 3.61. The lowest BCUT2D eigenvalue weighted by molar-refractivity contribution is 0.0531. The van der Waals surface area contributed by atoms with Crippen molar-refractivity contribution in [1.82, 2.24) is 24.5 Å². The van der Waals surface area contributed by atoms with Crippen LogP contribution in [0.1, 0.15) is 38.7 Å². The number of hydrogen-bond acceptors (Lipinski definition) is 9. The molecule has 0 aliphatic carbocycles. The van der Waals surface area contributed by atoms with Crippen LogP contribution in [0, 0.1) is 13.8 Å². The molecule has 0 unspecified atom stereocenters. The Balaban J connectivity index is 1.47. The predicted molar refractivity (Wildman–Crippen MR) is 134 cm³/mol. The first-order chi connectivity index (χ1) is 17.4. The zero-order valence-electron chi connectivity index (χ0n) is 20.1. The quantitative estimate of drug-likeness (QED) is 0.310. The first-order valence-corrected chi connectivity index (χ1v) is 12.0. The summed E-state index contributed by atoms with van der Waals surface area (Å²) in [6, 6.07) is 11.0. The fourth-order valence-corrected chi connectivity index (χ4v) is 4.68. The number of carbonyl (C=O) groups excluding carboxylic acids is 2. The van der Waals surface area contributed by atoms with Gasteiger partial charge in [-0.1, -0.05) is 17.3 Å². The normalized spacial score (nSPS) is 11.1. The van der Waals surface area contributed by atoms with E-state index in [0.717, 1.165) is 11.1 Å². The standard InChI is InChI=1S/C25H22N6O4S/c1-5-34-25(33)21-14(2)27-23(36-21)17-9-10-20-26-12-19(31(20)13-17)24(32)30(4)18-8-6-7-16(11-18)22-28-15(3)35-29-22/h6-13H,5H2,1-4H3. The Morgan fingerprint density at radius 2 is 1.97 bits per heavy atom. The van der Waals surface area contributed by atoms with Crippen molar-refractivity contribution in [1.29, 1.82) is 0 Å². The lowest BCUT2D eigenvalue weighted by atomic mass is 10.1. The van der Waals surface area contributed by atoms with Crippen LogP contribution in [0.15, 0.2) is 53.3 Å². The van der Waals surface area contributed by atoms with E-state index in [2.05, 4.69) is 20.1 Å². The number of imidazole rings is 1. The molecule has 36 heavy (non-hydrogen) atoms. The number of benzene rings is 1. The van der Waals surface area contributed by atoms with E-state index in [1.54, 1.807) is 49.5 Å². The molecule has 1 aromatic carbocycles. The summed E-state index contributed by atoms with van der Waals surface area (Å²) in [6.45, 7) is 5.55. The molecule has 5 rings (SSSR count). The van der Waals surface area contributed by atoms with Gasteiger partial charge in [-0.3, -0.25) is 9.20 Å². The second-order valence-electron chi connectivity index (χ2n) is 7.99. The van der Waals surface area contributed by atoms with E-state index in [4.69, 9.17) is 9.26 Å². The number of aromatic nitrogens is 5. The van der Waals surface area contributed by atoms with Crippen LogP contribution in [0.4, 0.5) is 5.69 Å². The summed E-state index contributed by atoms with van der Waals surface area (Å²) < 4.78 is 11.9. The van der Waals surface area contributed by atoms with Crippen LogP contribution in [0.25, 0.3) is 27.6 Å². The molecule has 0 aliphatic heterocycles. The molecule has 4 aromatic heterocycles. The van der Waals surface area contributed by atoms with Gasteiger partial charge in [0.2, 0.25) is 11.7 Å². The Morgan fingerprint density at radius 3 is 2.72 bits per heavy atom. The third-order valence-electron chi connectivity index (χ3n) is 5.55. The molecule has 0 aliphatic rings. The Bertz CT molecular complexity index is 1600. The van der Waals surface area contributed by atoms with Crippen LogP contribution < -0.4 is 4.90 Å². The third kappa shape index (κ3) is 4.24. The van der Waals surface area contributed by atoms with E-state index in [0.29, 0.717) is 50.9 Å². The summed E-state index contributed by atoms with van der Waals surface area (Å²) in [5, 5.41) is 4.61. The second kappa shape index (κ2) is 9.34. The van der Waals surface area contributed by atoms with Crippen molar-refractivity contribution in [3.63, 3.8) is 0 Å². The maximum absolute atomic E-state index is 13.5. The van der Waals surface area contributed by atoms with E-state index in [1.807, 2.05) is 36.4 Å². The lowest BCUT2D eigenvalue weighted by Gasteiger charge is -2.17. The first-order valence-electron chi connectivity index (χ1n) is 11.2. The van der Waals surface area contributed by atoms with Gasteiger partial charge in [-0.15, -0.1) is 11.3 Å². The predicted octanol–water partition coefficient (Wildman–Crippen LogP) is 4.58. The molecular formula is C25H22N6O4S. The maximum atomic E-state index is 13.5. The van der Waals surface area contributed by atoms with Gasteiger partial charge < -0.3 is 14.2 Å². The summed E-state index contributed by atoms with van der Waals surface area (Å²) in [5.41, 5.74) is 3.77. The highest BCUT2D eigenvalue weighted by atomic mass is 32.1. The van der Waals surface area contributed by atoms with Gasteiger partial charge in [-0.05, 0) is 38.1 Å². The van der Waals surface area contributed by atoms with E-state index in [1.165, 1.54) is 11.3 Å². The van der Waals surface area contributed by atoms with E-state index >= 15 is 0 Å². The summed E-state index contributed by atoms with van der Waals surface area (Å²) in [4.78, 5) is 40.9. The maximum Gasteiger partial charge on any atom is 0.350 e. The second-order valence-corrected chi connectivity index (χ2v) is 8.99. The Labute approximate surface area is 210 Å². The first kappa shape index (κ1) is 23.4. The van der Waals surface area contributed by atoms with Crippen molar-refractivity contribution < 1.29 is 18.8 Å². The van der Waals surface area contributed by atoms with Gasteiger partial charge in [-0.2, -0.15) is 4.98 Å². The highest BCUT2D eigenvalue weighted by molar-refractivity contribution is 7.17. The number of thiazole rings is 1. The number of ether oxygens (including phenoxy) is 1. The molecule has 10 nitrogen and oxygen atoms in total. The van der Waals surface area contributed by atoms with Crippen LogP contribution in [0.2, 0.25) is 0 Å². The number of anilines is 1. The van der Waals surface area contributed by atoms with Crippen LogP contribution >= 0.6 is 11.3 Å². The van der Waals surface area contributed by atoms with E-state index in [-0.39, 0.29) is 5.91 Å². The van der Waals surface area contributed by atoms with Crippen LogP contribution in [-0.2, 0) is 4.74 Å². The molecular weight excluding hydrogens is 480 g/mol. The highest BCUT2D eigenvalue weighted by Gasteiger charge is 2.21. The van der Waals surface area contributed by atoms with Crippen molar-refractivity contribution >= 4 is 34.5 Å². The molecule has 0 radical (unpaired) electrons. The number of aryl methyl sites for hydroxylation is 2. The summed E-state index contributed by atoms with van der Waals surface area (Å²) in [6.07, 6.45) is 3.34. The molecule has 0 N–H and O–H groups in total. The Kier molecular flexibility index (Phi) is 6.06. The minimum atomic E-state index is -0.391. The molecule has 0 spiro atoms. The lowest BCUT2D eigenvalue weighted by Crippen LogP contribution is -2.27. The van der Waals surface area contributed by atoms with Crippen molar-refractivity contribution in [3.8, 4) is 22.0 Å². The van der Waals surface area contributed by atoms with Crippen molar-refractivity contribution in [2.75, 3.05) is 18.6 Å². The number of rotatable bonds is 6. The third-order valence-corrected chi connectivity index (χ3v) is 6.74. The number of hydrogen-bond donors (Lipinski definition) is 0. The Morgan fingerprint density at radius 1 is 1.14 bits per heavy atom. The molecule has 0 saturated heterocycles. The number of esters is 1. The van der Waals surface area contributed by atoms with Crippen LogP contribution in [0.5, 0.6) is 0 Å². The number of carbonyl (C=O) groups is 2. The van der Waals surface area contributed by atoms with Gasteiger partial charge in [0.25, 0.3) is 5.91 Å². The molecule has 0 saturated carbocycles. The highest BCUT2D eigenvalue weighted by Crippen LogP contribution is 2.29. The van der Waals surface area contributed by atoms with Gasteiger partial charge in [-0.25, -0.2) is 14.8 Å². The summed E-state index contributed by atoms with van der Waals surface area (Å²) in [7, 11) is 1.70. The number of fused-ring (bicyclic) bond motifs is 1. The molecule has 182 valence electrons. The number of nitrogens with zero attached hydrogens (tertiary/aromatic N) is 6. The van der Waals surface area contributed by atoms with E-state index in [9.17, 15) is 9.59 Å². The fourth-order valence-electron chi connectivity index (χ4n) is 3.73. The van der Waals surface area contributed by atoms with Crippen molar-refractivity contribution in [2.24, 2.45) is 0 Å². The van der Waals surface area contributed by atoms with Crippen LogP contribution in [-0.4, -0.2) is 50.0 Å². The number of amides is 1. The van der Waals surface area contributed by atoms with Gasteiger partial charge in [0.1, 0.15) is 21.2 Å². The molecule has 0 bridgehead atoms. The number of pyridine rings is 1.